The summed E-state index contributed by atoms with van der Waals surface area (Å²) in [6.45, 7) is 12.2. The molecule has 8 atom stereocenters. The van der Waals surface area contributed by atoms with E-state index in [-0.39, 0.29) is 41.4 Å². The van der Waals surface area contributed by atoms with E-state index in [2.05, 4.69) is 25.8 Å². The number of carbonyl (C=O) groups is 1. The lowest BCUT2D eigenvalue weighted by Gasteiger charge is -2.52. The third kappa shape index (κ3) is 2.86. The summed E-state index contributed by atoms with van der Waals surface area (Å²) in [6.07, 6.45) is 4.30. The van der Waals surface area contributed by atoms with Crippen molar-refractivity contribution in [2.45, 2.75) is 71.6 Å². The van der Waals surface area contributed by atoms with Crippen molar-refractivity contribution in [3.63, 3.8) is 0 Å². The molecule has 5 aliphatic rings. The van der Waals surface area contributed by atoms with Gasteiger partial charge in [-0.25, -0.2) is 9.37 Å². The van der Waals surface area contributed by atoms with Gasteiger partial charge in [-0.1, -0.05) is 32.9 Å². The van der Waals surface area contributed by atoms with Crippen LogP contribution in [0.4, 0.5) is 4.39 Å². The Morgan fingerprint density at radius 1 is 1.26 bits per heavy atom. The van der Waals surface area contributed by atoms with Gasteiger partial charge in [0.25, 0.3) is 5.88 Å². The fraction of sp³-hybridized carbons (Fsp3) is 0.643. The zero-order chi connectivity index (χ0) is 25.1. The third-order valence-electron chi connectivity index (χ3n) is 9.63. The summed E-state index contributed by atoms with van der Waals surface area (Å²) >= 11 is 0. The fourth-order valence-electron chi connectivity index (χ4n) is 7.87. The monoisotopic (exact) mass is 483 g/mol. The molecule has 0 radical (unpaired) electrons. The number of Topliss-reactive ketones (excluding diaryl/α,β-unsaturated/α-hetero) is 1. The van der Waals surface area contributed by atoms with E-state index in [1.165, 1.54) is 18.3 Å². The predicted molar refractivity (Wildman–Crippen MR) is 126 cm³/mol. The molecule has 0 amide bonds. The second-order valence-electron chi connectivity index (χ2n) is 12.3. The van der Waals surface area contributed by atoms with Crippen molar-refractivity contribution in [1.29, 1.82) is 0 Å². The summed E-state index contributed by atoms with van der Waals surface area (Å²) in [6, 6.07) is 2.76. The van der Waals surface area contributed by atoms with Crippen LogP contribution in [-0.2, 0) is 14.3 Å². The number of ether oxygens (including phenoxy) is 3. The first kappa shape index (κ1) is 23.3. The molecule has 1 saturated heterocycles. The molecular weight excluding hydrogens is 449 g/mol. The molecular formula is C28H34FNO5. The molecule has 2 bridgehead atoms. The Bertz CT molecular complexity index is 1170. The van der Waals surface area contributed by atoms with Crippen LogP contribution >= 0.6 is 0 Å². The number of pyridine rings is 1. The predicted octanol–water partition coefficient (Wildman–Crippen LogP) is 4.23. The van der Waals surface area contributed by atoms with Gasteiger partial charge in [0.05, 0.1) is 12.0 Å². The highest BCUT2D eigenvalue weighted by molar-refractivity contribution is 5.95. The molecule has 1 aromatic heterocycles. The van der Waals surface area contributed by atoms with Gasteiger partial charge in [-0.3, -0.25) is 4.79 Å². The summed E-state index contributed by atoms with van der Waals surface area (Å²) in [5.41, 5.74) is -1.55. The van der Waals surface area contributed by atoms with Gasteiger partial charge in [0.2, 0.25) is 0 Å². The summed E-state index contributed by atoms with van der Waals surface area (Å²) in [5, 5.41) is 12.9. The molecule has 188 valence electrons. The first-order valence-electron chi connectivity index (χ1n) is 12.6. The van der Waals surface area contributed by atoms with Crippen molar-refractivity contribution in [3.8, 4) is 5.88 Å². The smallest absolute Gasteiger partial charge is 0.251 e. The van der Waals surface area contributed by atoms with E-state index in [0.717, 1.165) is 12.0 Å². The maximum Gasteiger partial charge on any atom is 0.251 e. The lowest BCUT2D eigenvalue weighted by molar-refractivity contribution is -0.301. The molecule has 3 fully saturated rings. The molecule has 1 unspecified atom stereocenters. The van der Waals surface area contributed by atoms with E-state index in [1.807, 2.05) is 19.1 Å². The van der Waals surface area contributed by atoms with E-state index in [0.29, 0.717) is 11.5 Å². The van der Waals surface area contributed by atoms with Crippen LogP contribution in [-0.4, -0.2) is 46.1 Å². The van der Waals surface area contributed by atoms with Crippen molar-refractivity contribution in [2.24, 2.45) is 34.5 Å². The SMILES string of the molecule is CC1=CC23C(=O)[C@@H](C=C4COC(C)(C)O[C@H]4[C@]2(O)[C@H]1Oc1ncccc1F)[C@H]1[C@@H](C[C@H]3C)C1(C)C. The standard InChI is InChI=1S/C28H34FNO5/c1-14-12-27-15(2)10-18-20(25(18,3)4)17(21(27)31)11-16-13-33-26(5,6)35-23(16)28(27,32)22(14)34-24-19(29)8-7-9-30-24/h7-9,11-12,15,17-18,20,22-23,32H,10,13H2,1-6H3/t15-,17+,18-,20+,22+,23-,27?,28-/m1/s1. The average Bonchev–Trinajstić information content (AvgIpc) is 3.27. The molecule has 7 heteroatoms. The minimum absolute atomic E-state index is 0.000763. The van der Waals surface area contributed by atoms with E-state index in [1.54, 1.807) is 13.8 Å². The van der Waals surface area contributed by atoms with Gasteiger partial charge in [-0.05, 0) is 73.6 Å². The maximum absolute atomic E-state index is 14.6. The van der Waals surface area contributed by atoms with Crippen molar-refractivity contribution in [2.75, 3.05) is 6.61 Å². The van der Waals surface area contributed by atoms with Crippen LogP contribution in [0.15, 0.2) is 41.6 Å². The maximum atomic E-state index is 14.6. The zero-order valence-corrected chi connectivity index (χ0v) is 21.2. The zero-order valence-electron chi connectivity index (χ0n) is 21.2. The minimum atomic E-state index is -1.79. The summed E-state index contributed by atoms with van der Waals surface area (Å²) in [4.78, 5) is 18.7. The number of nitrogens with zero attached hydrogens (tertiary/aromatic N) is 1. The molecule has 1 aliphatic heterocycles. The second kappa shape index (κ2) is 7.02. The highest BCUT2D eigenvalue weighted by Gasteiger charge is 2.77. The number of allylic oxidation sites excluding steroid dienone is 1. The lowest BCUT2D eigenvalue weighted by Crippen LogP contribution is -2.68. The van der Waals surface area contributed by atoms with Gasteiger partial charge in [0.15, 0.2) is 29.1 Å². The average molecular weight is 484 g/mol. The molecule has 0 aromatic carbocycles. The summed E-state index contributed by atoms with van der Waals surface area (Å²) < 4.78 is 33.2. The van der Waals surface area contributed by atoms with Crippen molar-refractivity contribution in [1.82, 2.24) is 4.98 Å². The molecule has 2 heterocycles. The van der Waals surface area contributed by atoms with Gasteiger partial charge >= 0.3 is 0 Å². The Kier molecular flexibility index (Phi) is 4.68. The van der Waals surface area contributed by atoms with Crippen LogP contribution in [0, 0.1) is 40.3 Å². The first-order chi connectivity index (χ1) is 16.3. The molecule has 1 N–H and O–H groups in total. The molecule has 1 aromatic rings. The van der Waals surface area contributed by atoms with Crippen LogP contribution in [0.3, 0.4) is 0 Å². The number of rotatable bonds is 2. The van der Waals surface area contributed by atoms with Gasteiger partial charge < -0.3 is 19.3 Å². The largest absolute Gasteiger partial charge is 0.464 e. The normalized spacial score (nSPS) is 44.6. The van der Waals surface area contributed by atoms with Gasteiger partial charge in [-0.15, -0.1) is 0 Å². The summed E-state index contributed by atoms with van der Waals surface area (Å²) in [5.74, 6) is -1.74. The summed E-state index contributed by atoms with van der Waals surface area (Å²) in [7, 11) is 0. The van der Waals surface area contributed by atoms with Gasteiger partial charge in [-0.2, -0.15) is 0 Å². The molecule has 35 heavy (non-hydrogen) atoms. The number of aliphatic hydroxyl groups is 1. The quantitative estimate of drug-likeness (QED) is 0.635. The Balaban J connectivity index is 1.57. The number of carbonyl (C=O) groups excluding carboxylic acids is 1. The Morgan fingerprint density at radius 2 is 2.00 bits per heavy atom. The fourth-order valence-corrected chi connectivity index (χ4v) is 7.87. The molecule has 6 nitrogen and oxygen atoms in total. The second-order valence-corrected chi connectivity index (χ2v) is 12.3. The Hall–Kier alpha value is -2.09. The van der Waals surface area contributed by atoms with Gasteiger partial charge in [0, 0.05) is 12.1 Å². The van der Waals surface area contributed by atoms with Crippen LogP contribution in [0.2, 0.25) is 0 Å². The Labute approximate surface area is 205 Å². The van der Waals surface area contributed by atoms with Crippen LogP contribution < -0.4 is 4.74 Å². The number of aromatic nitrogens is 1. The molecule has 2 saturated carbocycles. The third-order valence-corrected chi connectivity index (χ3v) is 9.63. The molecule has 6 rings (SSSR count). The Morgan fingerprint density at radius 3 is 2.71 bits per heavy atom. The number of hydrogen-bond donors (Lipinski definition) is 1. The van der Waals surface area contributed by atoms with E-state index < -0.39 is 34.8 Å². The molecule has 1 spiro atoms. The van der Waals surface area contributed by atoms with Gasteiger partial charge in [0.1, 0.15) is 6.10 Å². The number of fused-ring (bicyclic) bond motifs is 5. The van der Waals surface area contributed by atoms with Crippen molar-refractivity contribution < 1.29 is 28.5 Å². The van der Waals surface area contributed by atoms with Crippen molar-refractivity contribution in [3.05, 3.63) is 47.4 Å². The number of ketones is 1. The highest BCUT2D eigenvalue weighted by Crippen LogP contribution is 2.72. The minimum Gasteiger partial charge on any atom is -0.464 e. The van der Waals surface area contributed by atoms with E-state index >= 15 is 0 Å². The highest BCUT2D eigenvalue weighted by atomic mass is 19.1. The van der Waals surface area contributed by atoms with Crippen LogP contribution in [0.25, 0.3) is 0 Å². The number of halogens is 1. The van der Waals surface area contributed by atoms with E-state index in [4.69, 9.17) is 14.2 Å². The van der Waals surface area contributed by atoms with E-state index in [9.17, 15) is 14.3 Å². The van der Waals surface area contributed by atoms with Crippen LogP contribution in [0.1, 0.15) is 48.0 Å². The lowest BCUT2D eigenvalue weighted by atomic mass is 9.59. The van der Waals surface area contributed by atoms with Crippen molar-refractivity contribution >= 4 is 5.78 Å². The van der Waals surface area contributed by atoms with Crippen LogP contribution in [0.5, 0.6) is 5.88 Å². The number of hydrogen-bond acceptors (Lipinski definition) is 6. The topological polar surface area (TPSA) is 77.9 Å². The first-order valence-corrected chi connectivity index (χ1v) is 12.6. The molecule has 4 aliphatic carbocycles.